The molecule has 0 bridgehead atoms. The maximum Gasteiger partial charge on any atom is 0.123 e. The molecule has 1 N–H and O–H groups in total. The average molecular weight is 232 g/mol. The van der Waals surface area contributed by atoms with Crippen molar-refractivity contribution >= 4 is 0 Å². The van der Waals surface area contributed by atoms with Crippen LogP contribution in [0.25, 0.3) is 0 Å². The van der Waals surface area contributed by atoms with Gasteiger partial charge in [-0.3, -0.25) is 4.68 Å². The number of rotatable bonds is 4. The average Bonchev–Trinajstić information content (AvgIpc) is 2.76. The molecule has 0 radical (unpaired) electrons. The van der Waals surface area contributed by atoms with E-state index >= 15 is 0 Å². The lowest BCUT2D eigenvalue weighted by Crippen LogP contribution is -2.02. The fourth-order valence-electron chi connectivity index (χ4n) is 1.66. The molecule has 4 nitrogen and oxygen atoms in total. The summed E-state index contributed by atoms with van der Waals surface area (Å²) in [5, 5.41) is 14.3. The predicted molar refractivity (Wildman–Crippen MR) is 64.9 cm³/mol. The molecule has 4 heteroatoms. The molecular formula is C13H16N2O2. The van der Waals surface area contributed by atoms with Crippen LogP contribution >= 0.6 is 0 Å². The van der Waals surface area contributed by atoms with E-state index in [9.17, 15) is 5.11 Å². The molecule has 0 amide bonds. The van der Waals surface area contributed by atoms with E-state index in [2.05, 4.69) is 5.10 Å². The Balaban J connectivity index is 2.16. The molecule has 2 aromatic rings. The van der Waals surface area contributed by atoms with Crippen LogP contribution in [0.3, 0.4) is 0 Å². The van der Waals surface area contributed by atoms with Gasteiger partial charge in [-0.1, -0.05) is 12.1 Å². The van der Waals surface area contributed by atoms with E-state index in [0.717, 1.165) is 11.3 Å². The maximum absolute atomic E-state index is 10.1. The first kappa shape index (κ1) is 11.7. The third kappa shape index (κ3) is 2.65. The van der Waals surface area contributed by atoms with Crippen LogP contribution < -0.4 is 4.74 Å². The van der Waals surface area contributed by atoms with Crippen molar-refractivity contribution in [2.24, 2.45) is 7.05 Å². The third-order valence-corrected chi connectivity index (χ3v) is 2.52. The molecule has 1 heterocycles. The Morgan fingerprint density at radius 2 is 2.00 bits per heavy atom. The minimum atomic E-state index is -0.688. The Hall–Kier alpha value is -1.81. The molecule has 90 valence electrons. The van der Waals surface area contributed by atoms with Gasteiger partial charge in [0.15, 0.2) is 0 Å². The smallest absolute Gasteiger partial charge is 0.123 e. The van der Waals surface area contributed by atoms with Crippen LogP contribution in [0.5, 0.6) is 5.75 Å². The van der Waals surface area contributed by atoms with E-state index in [-0.39, 0.29) is 0 Å². The van der Waals surface area contributed by atoms with Crippen LogP contribution in [0.4, 0.5) is 0 Å². The lowest BCUT2D eigenvalue weighted by Gasteiger charge is -2.09. The second-order valence-electron chi connectivity index (χ2n) is 3.82. The fourth-order valence-corrected chi connectivity index (χ4v) is 1.66. The lowest BCUT2D eigenvalue weighted by molar-refractivity contribution is 0.214. The van der Waals surface area contributed by atoms with Crippen molar-refractivity contribution in [3.8, 4) is 5.75 Å². The SMILES string of the molecule is CCOc1ccc(C(O)c2ccn(C)n2)cc1. The molecular weight excluding hydrogens is 216 g/mol. The molecule has 1 atom stereocenters. The number of hydrogen-bond donors (Lipinski definition) is 1. The highest BCUT2D eigenvalue weighted by molar-refractivity contribution is 5.31. The van der Waals surface area contributed by atoms with E-state index < -0.39 is 6.10 Å². The molecule has 0 fully saturated rings. The highest BCUT2D eigenvalue weighted by Crippen LogP contribution is 2.22. The van der Waals surface area contributed by atoms with E-state index in [0.29, 0.717) is 12.3 Å². The zero-order valence-electron chi connectivity index (χ0n) is 10.00. The Morgan fingerprint density at radius 1 is 1.29 bits per heavy atom. The van der Waals surface area contributed by atoms with Gasteiger partial charge in [-0.15, -0.1) is 0 Å². The zero-order chi connectivity index (χ0) is 12.3. The predicted octanol–water partition coefficient (Wildman–Crippen LogP) is 1.90. The van der Waals surface area contributed by atoms with Gasteiger partial charge in [0, 0.05) is 13.2 Å². The van der Waals surface area contributed by atoms with Crippen LogP contribution in [0.15, 0.2) is 36.5 Å². The number of benzene rings is 1. The van der Waals surface area contributed by atoms with Gasteiger partial charge in [-0.2, -0.15) is 5.10 Å². The van der Waals surface area contributed by atoms with E-state index in [1.807, 2.05) is 44.4 Å². The lowest BCUT2D eigenvalue weighted by atomic mass is 10.1. The summed E-state index contributed by atoms with van der Waals surface area (Å²) in [5.41, 5.74) is 1.46. The van der Waals surface area contributed by atoms with Gasteiger partial charge in [-0.05, 0) is 30.7 Å². The highest BCUT2D eigenvalue weighted by Gasteiger charge is 2.12. The molecule has 17 heavy (non-hydrogen) atoms. The Bertz CT molecular complexity index is 476. The van der Waals surface area contributed by atoms with Gasteiger partial charge < -0.3 is 9.84 Å². The van der Waals surface area contributed by atoms with E-state index in [1.165, 1.54) is 0 Å². The van der Waals surface area contributed by atoms with Gasteiger partial charge in [0.2, 0.25) is 0 Å². The number of ether oxygens (including phenoxy) is 1. The molecule has 1 aromatic heterocycles. The molecule has 1 unspecified atom stereocenters. The first-order valence-electron chi connectivity index (χ1n) is 5.61. The molecule has 1 aromatic carbocycles. The van der Waals surface area contributed by atoms with E-state index in [4.69, 9.17) is 4.74 Å². The number of aliphatic hydroxyl groups is 1. The van der Waals surface area contributed by atoms with Gasteiger partial charge in [0.05, 0.1) is 12.3 Å². The molecule has 0 saturated heterocycles. The molecule has 0 aliphatic heterocycles. The first-order chi connectivity index (χ1) is 8.20. The summed E-state index contributed by atoms with van der Waals surface area (Å²) in [5.74, 6) is 0.810. The number of aliphatic hydroxyl groups excluding tert-OH is 1. The largest absolute Gasteiger partial charge is 0.494 e. The third-order valence-electron chi connectivity index (χ3n) is 2.52. The topological polar surface area (TPSA) is 47.3 Å². The highest BCUT2D eigenvalue weighted by atomic mass is 16.5. The Labute approximate surface area is 100 Å². The summed E-state index contributed by atoms with van der Waals surface area (Å²) in [4.78, 5) is 0. The molecule has 0 saturated carbocycles. The van der Waals surface area contributed by atoms with Crippen LogP contribution in [0.1, 0.15) is 24.3 Å². The van der Waals surface area contributed by atoms with Crippen molar-refractivity contribution in [1.82, 2.24) is 9.78 Å². The van der Waals surface area contributed by atoms with Crippen molar-refractivity contribution in [2.75, 3.05) is 6.61 Å². The van der Waals surface area contributed by atoms with Gasteiger partial charge in [-0.25, -0.2) is 0 Å². The monoisotopic (exact) mass is 232 g/mol. The van der Waals surface area contributed by atoms with Crippen LogP contribution in [0, 0.1) is 0 Å². The van der Waals surface area contributed by atoms with Crippen LogP contribution in [-0.2, 0) is 7.05 Å². The molecule has 2 rings (SSSR count). The molecule has 0 aliphatic rings. The summed E-state index contributed by atoms with van der Waals surface area (Å²) in [7, 11) is 1.83. The fraction of sp³-hybridized carbons (Fsp3) is 0.308. The maximum atomic E-state index is 10.1. The van der Waals surface area contributed by atoms with Crippen LogP contribution in [-0.4, -0.2) is 21.5 Å². The van der Waals surface area contributed by atoms with Crippen molar-refractivity contribution < 1.29 is 9.84 Å². The zero-order valence-corrected chi connectivity index (χ0v) is 10.00. The standard InChI is InChI=1S/C13H16N2O2/c1-3-17-11-6-4-10(5-7-11)13(16)12-8-9-15(2)14-12/h4-9,13,16H,3H2,1-2H3. The summed E-state index contributed by atoms with van der Waals surface area (Å²) in [6.45, 7) is 2.58. The number of hydrogen-bond acceptors (Lipinski definition) is 3. The van der Waals surface area contributed by atoms with Gasteiger partial charge in [0.1, 0.15) is 11.9 Å². The van der Waals surface area contributed by atoms with Crippen molar-refractivity contribution in [3.05, 3.63) is 47.8 Å². The number of aryl methyl sites for hydroxylation is 1. The summed E-state index contributed by atoms with van der Waals surface area (Å²) < 4.78 is 7.02. The Morgan fingerprint density at radius 3 is 2.53 bits per heavy atom. The van der Waals surface area contributed by atoms with Crippen molar-refractivity contribution in [1.29, 1.82) is 0 Å². The number of aromatic nitrogens is 2. The Kier molecular flexibility index (Phi) is 3.44. The quantitative estimate of drug-likeness (QED) is 0.875. The van der Waals surface area contributed by atoms with Crippen molar-refractivity contribution in [2.45, 2.75) is 13.0 Å². The van der Waals surface area contributed by atoms with Gasteiger partial charge in [0.25, 0.3) is 0 Å². The van der Waals surface area contributed by atoms with Gasteiger partial charge >= 0.3 is 0 Å². The summed E-state index contributed by atoms with van der Waals surface area (Å²) >= 11 is 0. The van der Waals surface area contributed by atoms with E-state index in [1.54, 1.807) is 10.7 Å². The second-order valence-corrected chi connectivity index (χ2v) is 3.82. The minimum Gasteiger partial charge on any atom is -0.494 e. The van der Waals surface area contributed by atoms with Crippen molar-refractivity contribution in [3.63, 3.8) is 0 Å². The first-order valence-corrected chi connectivity index (χ1v) is 5.61. The number of nitrogens with zero attached hydrogens (tertiary/aromatic N) is 2. The second kappa shape index (κ2) is 5.01. The minimum absolute atomic E-state index is 0.641. The summed E-state index contributed by atoms with van der Waals surface area (Å²) in [6, 6.07) is 9.21. The normalized spacial score (nSPS) is 12.4. The summed E-state index contributed by atoms with van der Waals surface area (Å²) in [6.07, 6.45) is 1.12. The van der Waals surface area contributed by atoms with Crippen LogP contribution in [0.2, 0.25) is 0 Å². The molecule has 0 aliphatic carbocycles. The molecule has 0 spiro atoms.